The lowest BCUT2D eigenvalue weighted by Crippen LogP contribution is -2.38. The second-order valence-electron chi connectivity index (χ2n) is 5.77. The highest BCUT2D eigenvalue weighted by Gasteiger charge is 2.09. The van der Waals surface area contributed by atoms with E-state index in [0.29, 0.717) is 38.6 Å². The minimum Gasteiger partial charge on any atom is -0.435 e. The highest BCUT2D eigenvalue weighted by Crippen LogP contribution is 2.15. The molecule has 7 nitrogen and oxygen atoms in total. The number of benzene rings is 1. The summed E-state index contributed by atoms with van der Waals surface area (Å²) in [4.78, 5) is 6.39. The molecule has 0 aliphatic rings. The first-order valence-corrected chi connectivity index (χ1v) is 10.4. The molecule has 154 valence electrons. The van der Waals surface area contributed by atoms with Crippen LogP contribution in [0.1, 0.15) is 25.8 Å². The van der Waals surface area contributed by atoms with Gasteiger partial charge in [0.2, 0.25) is 10.0 Å². The molecule has 1 aromatic rings. The van der Waals surface area contributed by atoms with Crippen LogP contribution in [0.4, 0.5) is 8.78 Å². The fourth-order valence-electron chi connectivity index (χ4n) is 2.19. The summed E-state index contributed by atoms with van der Waals surface area (Å²) >= 11 is 0. The van der Waals surface area contributed by atoms with E-state index < -0.39 is 16.6 Å². The molecule has 0 heterocycles. The molecule has 0 aliphatic carbocycles. The number of nitrogens with one attached hydrogen (secondary N) is 2. The van der Waals surface area contributed by atoms with Crippen molar-refractivity contribution in [1.29, 1.82) is 0 Å². The van der Waals surface area contributed by atoms with E-state index in [1.165, 1.54) is 12.1 Å². The van der Waals surface area contributed by atoms with Crippen LogP contribution >= 0.6 is 0 Å². The maximum absolute atomic E-state index is 12.2. The van der Waals surface area contributed by atoms with Crippen LogP contribution in [-0.2, 0) is 16.6 Å². The zero-order valence-corrected chi connectivity index (χ0v) is 16.7. The van der Waals surface area contributed by atoms with Gasteiger partial charge in [0.15, 0.2) is 5.96 Å². The molecule has 0 unspecified atom stereocenters. The lowest BCUT2D eigenvalue weighted by molar-refractivity contribution is -0.0498. The predicted octanol–water partition coefficient (Wildman–Crippen LogP) is 2.01. The summed E-state index contributed by atoms with van der Waals surface area (Å²) in [5.74, 6) is 0.859. The summed E-state index contributed by atoms with van der Waals surface area (Å²) in [6, 6.07) is 6.44. The van der Waals surface area contributed by atoms with Crippen molar-refractivity contribution in [3.63, 3.8) is 0 Å². The minimum absolute atomic E-state index is 0.0583. The van der Waals surface area contributed by atoms with Gasteiger partial charge in [0.05, 0.1) is 5.75 Å². The van der Waals surface area contributed by atoms with Crippen LogP contribution in [0, 0.1) is 0 Å². The molecule has 10 heteroatoms. The molecule has 0 spiro atoms. The van der Waals surface area contributed by atoms with E-state index >= 15 is 0 Å². The van der Waals surface area contributed by atoms with Gasteiger partial charge < -0.3 is 15.0 Å². The molecule has 0 fully saturated rings. The van der Waals surface area contributed by atoms with Gasteiger partial charge in [0.1, 0.15) is 5.75 Å². The van der Waals surface area contributed by atoms with Crippen molar-refractivity contribution in [2.45, 2.75) is 33.4 Å². The largest absolute Gasteiger partial charge is 0.435 e. The highest BCUT2D eigenvalue weighted by molar-refractivity contribution is 7.89. The van der Waals surface area contributed by atoms with E-state index in [4.69, 9.17) is 0 Å². The molecule has 0 saturated carbocycles. The molecule has 0 radical (unpaired) electrons. The van der Waals surface area contributed by atoms with Crippen molar-refractivity contribution in [2.75, 3.05) is 32.4 Å². The Balaban J connectivity index is 2.57. The van der Waals surface area contributed by atoms with Crippen molar-refractivity contribution in [1.82, 2.24) is 14.9 Å². The number of rotatable bonds is 11. The molecule has 1 rings (SSSR count). The van der Waals surface area contributed by atoms with E-state index in [2.05, 4.69) is 19.8 Å². The average Bonchev–Trinajstić information content (AvgIpc) is 2.61. The summed E-state index contributed by atoms with van der Waals surface area (Å²) in [7, 11) is -1.31. The van der Waals surface area contributed by atoms with E-state index in [9.17, 15) is 17.2 Å². The number of nitrogens with zero attached hydrogens (tertiary/aromatic N) is 2. The molecular weight excluding hydrogens is 378 g/mol. The number of sulfonamides is 1. The first-order valence-electron chi connectivity index (χ1n) is 8.78. The van der Waals surface area contributed by atoms with E-state index in [-0.39, 0.29) is 11.5 Å². The lowest BCUT2D eigenvalue weighted by atomic mass is 10.2. The number of hydrogen-bond donors (Lipinski definition) is 2. The SMILES string of the molecule is CCNC(=NCCCNS(=O)(=O)CC)N(C)Cc1ccc(OC(F)F)cc1. The topological polar surface area (TPSA) is 83.0 Å². The Kier molecular flexibility index (Phi) is 10.0. The molecule has 0 aromatic heterocycles. The number of halogens is 2. The number of guanidine groups is 1. The molecule has 1 aromatic carbocycles. The standard InChI is InChI=1S/C17H28F2N4O3S/c1-4-20-17(21-11-6-12-22-27(24,25)5-2)23(3)13-14-7-9-15(10-8-14)26-16(18)19/h7-10,16,22H,4-6,11-13H2,1-3H3,(H,20,21). The van der Waals surface area contributed by atoms with Crippen LogP contribution < -0.4 is 14.8 Å². The Morgan fingerprint density at radius 1 is 1.26 bits per heavy atom. The van der Waals surface area contributed by atoms with Gasteiger partial charge >= 0.3 is 6.61 Å². The summed E-state index contributed by atoms with van der Waals surface area (Å²) < 4.78 is 54.0. The summed E-state index contributed by atoms with van der Waals surface area (Å²) in [6.07, 6.45) is 0.585. The third kappa shape index (κ3) is 9.53. The van der Waals surface area contributed by atoms with E-state index in [1.54, 1.807) is 19.1 Å². The molecule has 0 saturated heterocycles. The van der Waals surface area contributed by atoms with Crippen LogP contribution in [0.5, 0.6) is 5.75 Å². The van der Waals surface area contributed by atoms with Gasteiger partial charge in [-0.15, -0.1) is 0 Å². The normalized spacial score (nSPS) is 12.3. The summed E-state index contributed by atoms with van der Waals surface area (Å²) in [5.41, 5.74) is 0.917. The first-order chi connectivity index (χ1) is 12.8. The smallest absolute Gasteiger partial charge is 0.387 e. The molecular formula is C17H28F2N4O3S. The second-order valence-corrected chi connectivity index (χ2v) is 7.86. The predicted molar refractivity (Wildman–Crippen MR) is 103 cm³/mol. The van der Waals surface area contributed by atoms with Gasteiger partial charge in [0, 0.05) is 33.2 Å². The first kappa shape index (κ1) is 23.1. The van der Waals surface area contributed by atoms with Crippen LogP contribution in [0.3, 0.4) is 0 Å². The summed E-state index contributed by atoms with van der Waals surface area (Å²) in [5, 5.41) is 3.17. The van der Waals surface area contributed by atoms with Crippen molar-refractivity contribution in [3.8, 4) is 5.75 Å². The number of alkyl halides is 2. The number of ether oxygens (including phenoxy) is 1. The Morgan fingerprint density at radius 2 is 1.93 bits per heavy atom. The molecule has 0 aliphatic heterocycles. The van der Waals surface area contributed by atoms with Crippen molar-refractivity contribution in [3.05, 3.63) is 29.8 Å². The number of hydrogen-bond acceptors (Lipinski definition) is 4. The average molecular weight is 406 g/mol. The second kappa shape index (κ2) is 11.7. The number of aliphatic imine (C=N–C) groups is 1. The van der Waals surface area contributed by atoms with Crippen molar-refractivity contribution >= 4 is 16.0 Å². The Labute approximate surface area is 159 Å². The minimum atomic E-state index is -3.18. The zero-order chi connectivity index (χ0) is 20.3. The van der Waals surface area contributed by atoms with Crippen molar-refractivity contribution < 1.29 is 21.9 Å². The van der Waals surface area contributed by atoms with Gasteiger partial charge in [-0.05, 0) is 38.0 Å². The van der Waals surface area contributed by atoms with Gasteiger partial charge in [-0.3, -0.25) is 4.99 Å². The van der Waals surface area contributed by atoms with E-state index in [0.717, 1.165) is 5.56 Å². The van der Waals surface area contributed by atoms with Gasteiger partial charge in [-0.25, -0.2) is 13.1 Å². The van der Waals surface area contributed by atoms with Crippen LogP contribution in [0.25, 0.3) is 0 Å². The zero-order valence-electron chi connectivity index (χ0n) is 15.9. The molecule has 0 bridgehead atoms. The molecule has 27 heavy (non-hydrogen) atoms. The van der Waals surface area contributed by atoms with Crippen LogP contribution in [0.15, 0.2) is 29.3 Å². The maximum Gasteiger partial charge on any atom is 0.387 e. The quantitative estimate of drug-likeness (QED) is 0.334. The molecule has 2 N–H and O–H groups in total. The van der Waals surface area contributed by atoms with Crippen LogP contribution in [-0.4, -0.2) is 58.3 Å². The molecule has 0 atom stereocenters. The Bertz CT molecular complexity index is 682. The Hall–Kier alpha value is -1.94. The Morgan fingerprint density at radius 3 is 2.48 bits per heavy atom. The van der Waals surface area contributed by atoms with Gasteiger partial charge in [0.25, 0.3) is 0 Å². The van der Waals surface area contributed by atoms with Gasteiger partial charge in [-0.2, -0.15) is 8.78 Å². The summed E-state index contributed by atoms with van der Waals surface area (Å²) in [6.45, 7) is 2.73. The molecule has 0 amide bonds. The van der Waals surface area contributed by atoms with E-state index in [1.807, 2.05) is 18.9 Å². The van der Waals surface area contributed by atoms with Crippen molar-refractivity contribution in [2.24, 2.45) is 4.99 Å². The van der Waals surface area contributed by atoms with Crippen LogP contribution in [0.2, 0.25) is 0 Å². The third-order valence-electron chi connectivity index (χ3n) is 3.56. The fourth-order valence-corrected chi connectivity index (χ4v) is 2.85. The lowest BCUT2D eigenvalue weighted by Gasteiger charge is -2.22. The maximum atomic E-state index is 12.2. The monoisotopic (exact) mass is 406 g/mol. The highest BCUT2D eigenvalue weighted by atomic mass is 32.2. The third-order valence-corrected chi connectivity index (χ3v) is 4.97. The fraction of sp³-hybridized carbons (Fsp3) is 0.588. The van der Waals surface area contributed by atoms with Gasteiger partial charge in [-0.1, -0.05) is 12.1 Å².